The highest BCUT2D eigenvalue weighted by Crippen LogP contribution is 2.22. The van der Waals surface area contributed by atoms with Crippen LogP contribution in [0.5, 0.6) is 5.75 Å². The molecule has 1 aliphatic rings. The smallest absolute Gasteiger partial charge is 0.257 e. The number of piperidine rings is 1. The summed E-state index contributed by atoms with van der Waals surface area (Å²) in [5.74, 6) is 0.241. The maximum Gasteiger partial charge on any atom is 0.257 e. The first-order valence-electron chi connectivity index (χ1n) is 8.52. The summed E-state index contributed by atoms with van der Waals surface area (Å²) in [5.41, 5.74) is 0. The van der Waals surface area contributed by atoms with E-state index in [1.54, 1.807) is 19.2 Å². The maximum absolute atomic E-state index is 12.5. The van der Waals surface area contributed by atoms with Crippen LogP contribution in [0.15, 0.2) is 29.2 Å². The molecule has 1 fully saturated rings. The molecule has 0 bridgehead atoms. The van der Waals surface area contributed by atoms with Gasteiger partial charge >= 0.3 is 0 Å². The van der Waals surface area contributed by atoms with Gasteiger partial charge in [0.15, 0.2) is 6.61 Å². The van der Waals surface area contributed by atoms with E-state index in [1.807, 2.05) is 0 Å². The molecule has 0 radical (unpaired) electrons. The summed E-state index contributed by atoms with van der Waals surface area (Å²) in [6, 6.07) is 6.20. The van der Waals surface area contributed by atoms with Gasteiger partial charge in [-0.3, -0.25) is 4.79 Å². The van der Waals surface area contributed by atoms with Crippen LogP contribution in [0, 0.1) is 0 Å². The molecule has 1 amide bonds. The molecule has 1 saturated heterocycles. The van der Waals surface area contributed by atoms with Crippen molar-refractivity contribution in [1.29, 1.82) is 0 Å². The minimum atomic E-state index is -3.44. The van der Waals surface area contributed by atoms with Crippen molar-refractivity contribution in [3.8, 4) is 5.75 Å². The number of hydrogen-bond donors (Lipinski definition) is 1. The molecule has 140 valence electrons. The summed E-state index contributed by atoms with van der Waals surface area (Å²) >= 11 is 0. The molecular formula is C17H26N2O5S. The highest BCUT2D eigenvalue weighted by molar-refractivity contribution is 7.89. The fourth-order valence-corrected chi connectivity index (χ4v) is 4.12. The third-order valence-electron chi connectivity index (χ3n) is 3.99. The number of ether oxygens (including phenoxy) is 2. The quantitative estimate of drug-likeness (QED) is 0.664. The Morgan fingerprint density at radius 3 is 2.48 bits per heavy atom. The fraction of sp³-hybridized carbons (Fsp3) is 0.588. The van der Waals surface area contributed by atoms with E-state index in [2.05, 4.69) is 5.32 Å². The van der Waals surface area contributed by atoms with Crippen LogP contribution in [-0.4, -0.2) is 58.6 Å². The van der Waals surface area contributed by atoms with Crippen LogP contribution in [0.2, 0.25) is 0 Å². The average Bonchev–Trinajstić information content (AvgIpc) is 2.64. The maximum atomic E-state index is 12.5. The number of hydrogen-bond acceptors (Lipinski definition) is 5. The Morgan fingerprint density at radius 1 is 1.16 bits per heavy atom. The van der Waals surface area contributed by atoms with E-state index in [4.69, 9.17) is 9.47 Å². The van der Waals surface area contributed by atoms with Gasteiger partial charge in [-0.1, -0.05) is 6.42 Å². The molecule has 1 heterocycles. The minimum Gasteiger partial charge on any atom is -0.484 e. The molecule has 1 aliphatic heterocycles. The number of benzene rings is 1. The summed E-state index contributed by atoms with van der Waals surface area (Å²) in [6.07, 6.45) is 3.62. The molecule has 1 aromatic carbocycles. The van der Waals surface area contributed by atoms with Crippen molar-refractivity contribution in [2.45, 2.75) is 30.6 Å². The average molecular weight is 370 g/mol. The Balaban J connectivity index is 1.84. The molecule has 7 nitrogen and oxygen atoms in total. The van der Waals surface area contributed by atoms with E-state index in [0.717, 1.165) is 25.7 Å². The van der Waals surface area contributed by atoms with Crippen molar-refractivity contribution in [2.75, 3.05) is 40.0 Å². The predicted octanol–water partition coefficient (Wildman–Crippen LogP) is 1.39. The van der Waals surface area contributed by atoms with Crippen molar-refractivity contribution in [1.82, 2.24) is 9.62 Å². The van der Waals surface area contributed by atoms with Gasteiger partial charge in [-0.05, 0) is 43.5 Å². The number of sulfonamides is 1. The SMILES string of the molecule is COCCCNC(=O)COc1ccc(S(=O)(=O)N2CCCCC2)cc1. The molecule has 25 heavy (non-hydrogen) atoms. The fourth-order valence-electron chi connectivity index (χ4n) is 2.61. The van der Waals surface area contributed by atoms with Crippen molar-refractivity contribution >= 4 is 15.9 Å². The lowest BCUT2D eigenvalue weighted by molar-refractivity contribution is -0.123. The second-order valence-corrected chi connectivity index (χ2v) is 7.86. The highest BCUT2D eigenvalue weighted by Gasteiger charge is 2.25. The van der Waals surface area contributed by atoms with Crippen LogP contribution >= 0.6 is 0 Å². The lowest BCUT2D eigenvalue weighted by Crippen LogP contribution is -2.35. The van der Waals surface area contributed by atoms with Crippen molar-refractivity contribution in [3.63, 3.8) is 0 Å². The highest BCUT2D eigenvalue weighted by atomic mass is 32.2. The number of amides is 1. The monoisotopic (exact) mass is 370 g/mol. The van der Waals surface area contributed by atoms with Gasteiger partial charge in [0.2, 0.25) is 10.0 Å². The van der Waals surface area contributed by atoms with Gasteiger partial charge in [0.1, 0.15) is 5.75 Å². The summed E-state index contributed by atoms with van der Waals surface area (Å²) < 4.78 is 36.9. The number of methoxy groups -OCH3 is 1. The molecule has 1 N–H and O–H groups in total. The summed E-state index contributed by atoms with van der Waals surface area (Å²) in [4.78, 5) is 11.9. The Hall–Kier alpha value is -1.64. The van der Waals surface area contributed by atoms with Gasteiger partial charge in [0, 0.05) is 33.4 Å². The number of rotatable bonds is 9. The Kier molecular flexibility index (Phi) is 7.67. The number of nitrogens with zero attached hydrogens (tertiary/aromatic N) is 1. The Bertz CT molecular complexity index is 640. The molecule has 0 aromatic heterocycles. The van der Waals surface area contributed by atoms with Gasteiger partial charge in [0.25, 0.3) is 5.91 Å². The number of carbonyl (C=O) groups excluding carboxylic acids is 1. The van der Waals surface area contributed by atoms with E-state index in [9.17, 15) is 13.2 Å². The number of carbonyl (C=O) groups is 1. The topological polar surface area (TPSA) is 84.9 Å². The third kappa shape index (κ3) is 5.98. The van der Waals surface area contributed by atoms with Crippen LogP contribution < -0.4 is 10.1 Å². The second kappa shape index (κ2) is 9.74. The lowest BCUT2D eigenvalue weighted by Gasteiger charge is -2.25. The molecule has 0 atom stereocenters. The first-order valence-corrected chi connectivity index (χ1v) is 9.96. The predicted molar refractivity (Wildman–Crippen MR) is 94.0 cm³/mol. The first-order chi connectivity index (χ1) is 12.0. The van der Waals surface area contributed by atoms with Crippen LogP contribution in [0.1, 0.15) is 25.7 Å². The summed E-state index contributed by atoms with van der Waals surface area (Å²) in [6.45, 7) is 2.16. The van der Waals surface area contributed by atoms with E-state index < -0.39 is 10.0 Å². The largest absolute Gasteiger partial charge is 0.484 e. The zero-order valence-corrected chi connectivity index (χ0v) is 15.4. The van der Waals surface area contributed by atoms with Crippen molar-refractivity contribution < 1.29 is 22.7 Å². The minimum absolute atomic E-state index is 0.106. The van der Waals surface area contributed by atoms with Gasteiger partial charge in [-0.25, -0.2) is 8.42 Å². The van der Waals surface area contributed by atoms with Gasteiger partial charge in [0.05, 0.1) is 4.90 Å². The van der Waals surface area contributed by atoms with Crippen LogP contribution in [0.4, 0.5) is 0 Å². The Labute approximate surface area is 149 Å². The molecule has 0 spiro atoms. The molecule has 0 unspecified atom stereocenters. The zero-order chi connectivity index (χ0) is 18.1. The van der Waals surface area contributed by atoms with E-state index in [0.29, 0.717) is 32.0 Å². The van der Waals surface area contributed by atoms with E-state index in [-0.39, 0.29) is 17.4 Å². The van der Waals surface area contributed by atoms with Gasteiger partial charge < -0.3 is 14.8 Å². The molecule has 2 rings (SSSR count). The van der Waals surface area contributed by atoms with Crippen LogP contribution in [0.25, 0.3) is 0 Å². The van der Waals surface area contributed by atoms with Crippen LogP contribution in [-0.2, 0) is 19.6 Å². The summed E-state index contributed by atoms with van der Waals surface area (Å²) in [7, 11) is -1.83. The normalized spacial score (nSPS) is 15.7. The first kappa shape index (κ1) is 19.7. The number of nitrogens with one attached hydrogen (secondary N) is 1. The van der Waals surface area contributed by atoms with Crippen molar-refractivity contribution in [2.24, 2.45) is 0 Å². The van der Waals surface area contributed by atoms with E-state index in [1.165, 1.54) is 16.4 Å². The second-order valence-electron chi connectivity index (χ2n) is 5.92. The standard InChI is InChI=1S/C17H26N2O5S/c1-23-13-5-10-18-17(20)14-24-15-6-8-16(9-7-15)25(21,22)19-11-3-2-4-12-19/h6-9H,2-5,10-14H2,1H3,(H,18,20). The molecule has 0 saturated carbocycles. The Morgan fingerprint density at radius 2 is 1.84 bits per heavy atom. The third-order valence-corrected chi connectivity index (χ3v) is 5.91. The molecule has 0 aliphatic carbocycles. The van der Waals surface area contributed by atoms with Crippen molar-refractivity contribution in [3.05, 3.63) is 24.3 Å². The van der Waals surface area contributed by atoms with Gasteiger partial charge in [-0.2, -0.15) is 4.31 Å². The zero-order valence-electron chi connectivity index (χ0n) is 14.6. The van der Waals surface area contributed by atoms with Gasteiger partial charge in [-0.15, -0.1) is 0 Å². The van der Waals surface area contributed by atoms with Crippen LogP contribution in [0.3, 0.4) is 0 Å². The van der Waals surface area contributed by atoms with E-state index >= 15 is 0 Å². The molecule has 8 heteroatoms. The lowest BCUT2D eigenvalue weighted by atomic mass is 10.2. The summed E-state index contributed by atoms with van der Waals surface area (Å²) in [5, 5.41) is 2.72. The molecular weight excluding hydrogens is 344 g/mol. The molecule has 1 aromatic rings.